The first-order valence-electron chi connectivity index (χ1n) is 7.97. The summed E-state index contributed by atoms with van der Waals surface area (Å²) in [5.74, 6) is -1.07. The molecule has 1 rings (SSSR count). The lowest BCUT2D eigenvalue weighted by Gasteiger charge is -2.40. The van der Waals surface area contributed by atoms with Gasteiger partial charge in [0, 0.05) is 0 Å². The number of ether oxygens (including phenoxy) is 3. The van der Waals surface area contributed by atoms with E-state index in [4.69, 9.17) is 14.2 Å². The fourth-order valence-electron chi connectivity index (χ4n) is 2.33. The fraction of sp³-hybridized carbons (Fsp3) is 0.933. The normalized spacial score (nSPS) is 34.7. The van der Waals surface area contributed by atoms with Crippen LogP contribution in [-0.4, -0.2) is 86.6 Å². The van der Waals surface area contributed by atoms with Gasteiger partial charge < -0.3 is 39.7 Å². The molecular weight excluding hydrogens is 324 g/mol. The smallest absolute Gasteiger partial charge is 0.340 e. The number of rotatable bonds is 7. The highest BCUT2D eigenvalue weighted by Gasteiger charge is 2.46. The number of aliphatic hydroxyl groups excluding tert-OH is 4. The summed E-state index contributed by atoms with van der Waals surface area (Å²) in [6.07, 6.45) is -8.61. The molecular formula is C15H28O9. The molecule has 7 unspecified atom stereocenters. The number of carbonyl (C=O) groups excluding carboxylic acids is 1. The van der Waals surface area contributed by atoms with Crippen LogP contribution in [0.25, 0.3) is 0 Å². The van der Waals surface area contributed by atoms with Crippen LogP contribution in [0.3, 0.4) is 0 Å². The van der Waals surface area contributed by atoms with E-state index >= 15 is 0 Å². The van der Waals surface area contributed by atoms with Crippen molar-refractivity contribution in [2.24, 2.45) is 0 Å². The van der Waals surface area contributed by atoms with Crippen molar-refractivity contribution in [2.45, 2.75) is 82.6 Å². The van der Waals surface area contributed by atoms with Crippen molar-refractivity contribution in [2.75, 3.05) is 6.61 Å². The zero-order valence-electron chi connectivity index (χ0n) is 14.3. The molecule has 1 fully saturated rings. The van der Waals surface area contributed by atoms with Gasteiger partial charge in [-0.05, 0) is 27.2 Å². The Balaban J connectivity index is 2.73. The highest BCUT2D eigenvalue weighted by Crippen LogP contribution is 2.24. The molecule has 0 spiro atoms. The second kappa shape index (κ2) is 8.52. The van der Waals surface area contributed by atoms with E-state index in [1.54, 1.807) is 13.8 Å². The molecule has 9 nitrogen and oxygen atoms in total. The maximum atomic E-state index is 12.0. The van der Waals surface area contributed by atoms with Crippen molar-refractivity contribution < 1.29 is 44.5 Å². The van der Waals surface area contributed by atoms with Gasteiger partial charge in [-0.1, -0.05) is 6.92 Å². The van der Waals surface area contributed by atoms with Crippen LogP contribution in [0.2, 0.25) is 0 Å². The molecule has 1 saturated heterocycles. The van der Waals surface area contributed by atoms with E-state index in [1.165, 1.54) is 13.8 Å². The molecule has 1 aliphatic rings. The van der Waals surface area contributed by atoms with Gasteiger partial charge in [-0.2, -0.15) is 0 Å². The molecule has 0 aromatic rings. The lowest BCUT2D eigenvalue weighted by molar-refractivity contribution is -0.309. The molecule has 0 bridgehead atoms. The standard InChI is InChI=1S/C15H28O9/c1-5-15(21,8(4)16)14(20)22-6-9-10(17)11(18)12(19)13(24-9)23-7(2)3/h7-13,16-19,21H,5-6H2,1-4H3. The largest absolute Gasteiger partial charge is 0.461 e. The van der Waals surface area contributed by atoms with Gasteiger partial charge in [0.25, 0.3) is 0 Å². The topological polar surface area (TPSA) is 146 Å². The van der Waals surface area contributed by atoms with Crippen LogP contribution in [0, 0.1) is 0 Å². The Kier molecular flexibility index (Phi) is 7.54. The Hall–Kier alpha value is -0.810. The third-order valence-corrected chi connectivity index (χ3v) is 4.04. The summed E-state index contributed by atoms with van der Waals surface area (Å²) < 4.78 is 15.6. The summed E-state index contributed by atoms with van der Waals surface area (Å²) in [4.78, 5) is 12.0. The van der Waals surface area contributed by atoms with Crippen LogP contribution in [0.4, 0.5) is 0 Å². The zero-order valence-corrected chi connectivity index (χ0v) is 14.3. The van der Waals surface area contributed by atoms with Crippen LogP contribution < -0.4 is 0 Å². The van der Waals surface area contributed by atoms with Crippen LogP contribution in [0.15, 0.2) is 0 Å². The Labute approximate surface area is 140 Å². The van der Waals surface area contributed by atoms with E-state index in [9.17, 15) is 30.3 Å². The van der Waals surface area contributed by atoms with E-state index in [2.05, 4.69) is 0 Å². The van der Waals surface area contributed by atoms with Gasteiger partial charge in [-0.15, -0.1) is 0 Å². The van der Waals surface area contributed by atoms with E-state index in [-0.39, 0.29) is 12.5 Å². The zero-order chi connectivity index (χ0) is 18.7. The van der Waals surface area contributed by atoms with Crippen LogP contribution in [0.1, 0.15) is 34.1 Å². The Morgan fingerprint density at radius 1 is 1.17 bits per heavy atom. The van der Waals surface area contributed by atoms with Crippen molar-refractivity contribution >= 4 is 5.97 Å². The number of hydrogen-bond donors (Lipinski definition) is 5. The fourth-order valence-corrected chi connectivity index (χ4v) is 2.33. The molecule has 1 heterocycles. The SMILES string of the molecule is CCC(O)(C(=O)OCC1OC(OC(C)C)C(O)C(O)C1O)C(C)O. The molecule has 0 amide bonds. The minimum Gasteiger partial charge on any atom is -0.461 e. The molecule has 1 aliphatic heterocycles. The first-order valence-corrected chi connectivity index (χ1v) is 7.97. The van der Waals surface area contributed by atoms with Gasteiger partial charge in [0.05, 0.1) is 12.2 Å². The van der Waals surface area contributed by atoms with Gasteiger partial charge in [0.15, 0.2) is 11.9 Å². The van der Waals surface area contributed by atoms with Crippen molar-refractivity contribution in [3.8, 4) is 0 Å². The molecule has 0 aromatic carbocycles. The average molecular weight is 352 g/mol. The number of carbonyl (C=O) groups is 1. The van der Waals surface area contributed by atoms with Gasteiger partial charge in [0.1, 0.15) is 31.0 Å². The molecule has 9 heteroatoms. The summed E-state index contributed by atoms with van der Waals surface area (Å²) in [6, 6.07) is 0. The maximum absolute atomic E-state index is 12.0. The lowest BCUT2D eigenvalue weighted by atomic mass is 9.95. The average Bonchev–Trinajstić information content (AvgIpc) is 2.52. The second-order valence-corrected chi connectivity index (χ2v) is 6.25. The Bertz CT molecular complexity index is 414. The first kappa shape index (κ1) is 21.2. The van der Waals surface area contributed by atoms with Crippen LogP contribution >= 0.6 is 0 Å². The van der Waals surface area contributed by atoms with E-state index in [0.717, 1.165) is 0 Å². The Morgan fingerprint density at radius 3 is 2.21 bits per heavy atom. The van der Waals surface area contributed by atoms with Gasteiger partial charge >= 0.3 is 5.97 Å². The van der Waals surface area contributed by atoms with E-state index in [1.807, 2.05) is 0 Å². The van der Waals surface area contributed by atoms with Crippen LogP contribution in [-0.2, 0) is 19.0 Å². The third kappa shape index (κ3) is 4.63. The van der Waals surface area contributed by atoms with Gasteiger partial charge in [-0.25, -0.2) is 4.79 Å². The van der Waals surface area contributed by atoms with E-state index < -0.39 is 55.0 Å². The number of aliphatic hydroxyl groups is 5. The summed E-state index contributed by atoms with van der Waals surface area (Å²) in [6.45, 7) is 5.67. The van der Waals surface area contributed by atoms with Crippen LogP contribution in [0.5, 0.6) is 0 Å². The van der Waals surface area contributed by atoms with Gasteiger partial charge in [0.2, 0.25) is 0 Å². The molecule has 24 heavy (non-hydrogen) atoms. The molecule has 0 aliphatic carbocycles. The van der Waals surface area contributed by atoms with Crippen molar-refractivity contribution in [3.05, 3.63) is 0 Å². The quantitative estimate of drug-likeness (QED) is 0.338. The Morgan fingerprint density at radius 2 is 1.75 bits per heavy atom. The molecule has 5 N–H and O–H groups in total. The summed E-state index contributed by atoms with van der Waals surface area (Å²) in [7, 11) is 0. The second-order valence-electron chi connectivity index (χ2n) is 6.25. The minimum absolute atomic E-state index is 0.0714. The molecule has 142 valence electrons. The predicted octanol–water partition coefficient (Wildman–Crippen LogP) is -1.72. The summed E-state index contributed by atoms with van der Waals surface area (Å²) in [5.41, 5.74) is -2.08. The van der Waals surface area contributed by atoms with Gasteiger partial charge in [-0.3, -0.25) is 0 Å². The molecule has 0 radical (unpaired) electrons. The third-order valence-electron chi connectivity index (χ3n) is 4.04. The summed E-state index contributed by atoms with van der Waals surface area (Å²) in [5, 5.41) is 49.3. The molecule has 0 saturated carbocycles. The van der Waals surface area contributed by atoms with Crippen molar-refractivity contribution in [3.63, 3.8) is 0 Å². The number of hydrogen-bond acceptors (Lipinski definition) is 9. The maximum Gasteiger partial charge on any atom is 0.340 e. The molecule has 0 aromatic heterocycles. The van der Waals surface area contributed by atoms with Crippen molar-refractivity contribution in [1.82, 2.24) is 0 Å². The monoisotopic (exact) mass is 352 g/mol. The molecule has 7 atom stereocenters. The number of esters is 1. The summed E-state index contributed by atoms with van der Waals surface area (Å²) >= 11 is 0. The highest BCUT2D eigenvalue weighted by atomic mass is 16.7. The van der Waals surface area contributed by atoms with Crippen molar-refractivity contribution in [1.29, 1.82) is 0 Å². The predicted molar refractivity (Wildman–Crippen MR) is 80.8 cm³/mol. The highest BCUT2D eigenvalue weighted by molar-refractivity contribution is 5.80. The first-order chi connectivity index (χ1) is 11.0. The minimum atomic E-state index is -2.08. The lowest BCUT2D eigenvalue weighted by Crippen LogP contribution is -2.60. The van der Waals surface area contributed by atoms with E-state index in [0.29, 0.717) is 0 Å².